The first-order chi connectivity index (χ1) is 8.10. The Labute approximate surface area is 98.4 Å². The Morgan fingerprint density at radius 2 is 2.35 bits per heavy atom. The van der Waals surface area contributed by atoms with Gasteiger partial charge in [0.15, 0.2) is 11.6 Å². The molecule has 1 unspecified atom stereocenters. The van der Waals surface area contributed by atoms with Crippen LogP contribution in [0.4, 0.5) is 4.39 Å². The average Bonchev–Trinajstić information content (AvgIpc) is 2.79. The smallest absolute Gasteiger partial charge is 0.315 e. The van der Waals surface area contributed by atoms with Crippen molar-refractivity contribution in [1.29, 1.82) is 0 Å². The van der Waals surface area contributed by atoms with Crippen LogP contribution in [0.3, 0.4) is 0 Å². The van der Waals surface area contributed by atoms with E-state index in [9.17, 15) is 14.3 Å². The van der Waals surface area contributed by atoms with Gasteiger partial charge in [-0.2, -0.15) is 0 Å². The minimum atomic E-state index is -1.02. The molecular formula is C12H14FNO3. The van der Waals surface area contributed by atoms with E-state index in [1.54, 1.807) is 6.07 Å². The summed E-state index contributed by atoms with van der Waals surface area (Å²) in [4.78, 5) is 11.4. The van der Waals surface area contributed by atoms with Crippen LogP contribution >= 0.6 is 0 Å². The van der Waals surface area contributed by atoms with E-state index in [4.69, 9.17) is 4.74 Å². The predicted molar refractivity (Wildman–Crippen MR) is 59.8 cm³/mol. The van der Waals surface area contributed by atoms with Crippen LogP contribution in [0.25, 0.3) is 0 Å². The van der Waals surface area contributed by atoms with Crippen molar-refractivity contribution in [3.05, 3.63) is 29.6 Å². The van der Waals surface area contributed by atoms with Crippen LogP contribution in [0.1, 0.15) is 12.0 Å². The topological polar surface area (TPSA) is 58.6 Å². The number of methoxy groups -OCH3 is 1. The molecule has 0 bridgehead atoms. The van der Waals surface area contributed by atoms with Gasteiger partial charge < -0.3 is 15.2 Å². The molecule has 0 saturated carbocycles. The standard InChI is InChI=1S/C12H14FNO3/c1-17-10-3-2-8(6-9(10)13)12(11(15)16)4-5-14-7-12/h2-3,6,14H,4-5,7H2,1H3,(H,15,16). The Hall–Kier alpha value is -1.62. The number of carboxylic acid groups (broad SMARTS) is 1. The lowest BCUT2D eigenvalue weighted by Crippen LogP contribution is -2.38. The van der Waals surface area contributed by atoms with Crippen molar-refractivity contribution in [2.75, 3.05) is 20.2 Å². The van der Waals surface area contributed by atoms with Crippen molar-refractivity contribution in [2.24, 2.45) is 0 Å². The summed E-state index contributed by atoms with van der Waals surface area (Å²) in [7, 11) is 1.38. The van der Waals surface area contributed by atoms with Crippen molar-refractivity contribution < 1.29 is 19.0 Å². The number of halogens is 1. The van der Waals surface area contributed by atoms with Crippen molar-refractivity contribution >= 4 is 5.97 Å². The number of nitrogens with one attached hydrogen (secondary N) is 1. The van der Waals surface area contributed by atoms with Gasteiger partial charge in [-0.1, -0.05) is 6.07 Å². The molecule has 0 spiro atoms. The normalized spacial score (nSPS) is 23.6. The van der Waals surface area contributed by atoms with Gasteiger partial charge in [-0.25, -0.2) is 4.39 Å². The van der Waals surface area contributed by atoms with Gasteiger partial charge in [0.05, 0.1) is 7.11 Å². The lowest BCUT2D eigenvalue weighted by molar-refractivity contribution is -0.143. The minimum absolute atomic E-state index is 0.125. The Balaban J connectivity index is 2.44. The maximum atomic E-state index is 13.6. The highest BCUT2D eigenvalue weighted by molar-refractivity contribution is 5.82. The molecule has 17 heavy (non-hydrogen) atoms. The van der Waals surface area contributed by atoms with Gasteiger partial charge in [-0.05, 0) is 30.7 Å². The molecule has 2 rings (SSSR count). The zero-order valence-corrected chi connectivity index (χ0v) is 9.50. The van der Waals surface area contributed by atoms with E-state index in [-0.39, 0.29) is 5.75 Å². The number of rotatable bonds is 3. The van der Waals surface area contributed by atoms with Crippen LogP contribution in [0.2, 0.25) is 0 Å². The Bertz CT molecular complexity index is 441. The van der Waals surface area contributed by atoms with Gasteiger partial charge >= 0.3 is 5.97 Å². The highest BCUT2D eigenvalue weighted by atomic mass is 19.1. The predicted octanol–water partition coefficient (Wildman–Crippen LogP) is 1.15. The van der Waals surface area contributed by atoms with Gasteiger partial charge in [-0.15, -0.1) is 0 Å². The lowest BCUT2D eigenvalue weighted by Gasteiger charge is -2.23. The molecule has 1 fully saturated rings. The van der Waals surface area contributed by atoms with Crippen molar-refractivity contribution in [3.8, 4) is 5.75 Å². The quantitative estimate of drug-likeness (QED) is 0.830. The van der Waals surface area contributed by atoms with Crippen molar-refractivity contribution in [1.82, 2.24) is 5.32 Å². The summed E-state index contributed by atoms with van der Waals surface area (Å²) in [5, 5.41) is 12.3. The molecule has 92 valence electrons. The van der Waals surface area contributed by atoms with Crippen molar-refractivity contribution in [3.63, 3.8) is 0 Å². The first kappa shape index (κ1) is 11.9. The fourth-order valence-corrected chi connectivity index (χ4v) is 2.21. The van der Waals surface area contributed by atoms with E-state index >= 15 is 0 Å². The third kappa shape index (κ3) is 1.86. The molecule has 1 aromatic carbocycles. The molecule has 0 aromatic heterocycles. The van der Waals surface area contributed by atoms with Crippen LogP contribution in [0.15, 0.2) is 18.2 Å². The summed E-state index contributed by atoms with van der Waals surface area (Å²) in [6.45, 7) is 0.952. The van der Waals surface area contributed by atoms with Gasteiger partial charge in [0.2, 0.25) is 0 Å². The SMILES string of the molecule is COc1ccc(C2(C(=O)O)CCNC2)cc1F. The largest absolute Gasteiger partial charge is 0.494 e. The molecule has 1 aliphatic heterocycles. The molecule has 1 atom stereocenters. The Morgan fingerprint density at radius 1 is 1.59 bits per heavy atom. The number of aliphatic carboxylic acids is 1. The molecule has 5 heteroatoms. The molecule has 0 amide bonds. The summed E-state index contributed by atoms with van der Waals surface area (Å²) >= 11 is 0. The molecule has 1 aromatic rings. The van der Waals surface area contributed by atoms with Crippen LogP contribution in [-0.2, 0) is 10.2 Å². The second kappa shape index (κ2) is 4.33. The third-order valence-electron chi connectivity index (χ3n) is 3.27. The first-order valence-electron chi connectivity index (χ1n) is 5.38. The number of carboxylic acids is 1. The second-order valence-corrected chi connectivity index (χ2v) is 4.16. The first-order valence-corrected chi connectivity index (χ1v) is 5.38. The van der Waals surface area contributed by atoms with Crippen LogP contribution in [0.5, 0.6) is 5.75 Å². The molecule has 4 nitrogen and oxygen atoms in total. The number of ether oxygens (including phenoxy) is 1. The molecular weight excluding hydrogens is 225 g/mol. The summed E-state index contributed by atoms with van der Waals surface area (Å²) in [5.41, 5.74) is -0.541. The van der Waals surface area contributed by atoms with E-state index in [0.29, 0.717) is 25.1 Å². The van der Waals surface area contributed by atoms with E-state index < -0.39 is 17.2 Å². The fourth-order valence-electron chi connectivity index (χ4n) is 2.21. The van der Waals surface area contributed by atoms with Gasteiger partial charge in [0.25, 0.3) is 0 Å². The fraction of sp³-hybridized carbons (Fsp3) is 0.417. The summed E-state index contributed by atoms with van der Waals surface area (Å²) in [5.74, 6) is -1.33. The average molecular weight is 239 g/mol. The zero-order valence-electron chi connectivity index (χ0n) is 9.50. The summed E-state index contributed by atoms with van der Waals surface area (Å²) in [6, 6.07) is 4.33. The number of benzene rings is 1. The van der Waals surface area contributed by atoms with Crippen LogP contribution in [0, 0.1) is 5.82 Å². The van der Waals surface area contributed by atoms with Gasteiger partial charge in [-0.3, -0.25) is 4.79 Å². The molecule has 1 heterocycles. The summed E-state index contributed by atoms with van der Waals surface area (Å²) in [6.07, 6.45) is 0.466. The minimum Gasteiger partial charge on any atom is -0.494 e. The number of hydrogen-bond acceptors (Lipinski definition) is 3. The van der Waals surface area contributed by atoms with Crippen molar-refractivity contribution in [2.45, 2.75) is 11.8 Å². The number of carbonyl (C=O) groups is 1. The Morgan fingerprint density at radius 3 is 2.82 bits per heavy atom. The third-order valence-corrected chi connectivity index (χ3v) is 3.27. The molecule has 0 radical (unpaired) electrons. The summed E-state index contributed by atoms with van der Waals surface area (Å²) < 4.78 is 18.4. The number of hydrogen-bond donors (Lipinski definition) is 2. The lowest BCUT2D eigenvalue weighted by atomic mass is 9.80. The van der Waals surface area contributed by atoms with Gasteiger partial charge in [0, 0.05) is 6.54 Å². The van der Waals surface area contributed by atoms with E-state index in [1.165, 1.54) is 19.2 Å². The van der Waals surface area contributed by atoms with E-state index in [1.807, 2.05) is 0 Å². The highest BCUT2D eigenvalue weighted by Gasteiger charge is 2.43. The van der Waals surface area contributed by atoms with E-state index in [2.05, 4.69) is 5.32 Å². The molecule has 1 aliphatic rings. The maximum absolute atomic E-state index is 13.6. The highest BCUT2D eigenvalue weighted by Crippen LogP contribution is 2.33. The van der Waals surface area contributed by atoms with Gasteiger partial charge in [0.1, 0.15) is 5.41 Å². The molecule has 1 saturated heterocycles. The monoisotopic (exact) mass is 239 g/mol. The second-order valence-electron chi connectivity index (χ2n) is 4.16. The Kier molecular flexibility index (Phi) is 3.02. The van der Waals surface area contributed by atoms with E-state index in [0.717, 1.165) is 0 Å². The maximum Gasteiger partial charge on any atom is 0.315 e. The zero-order chi connectivity index (χ0) is 12.5. The van der Waals surface area contributed by atoms with Crippen LogP contribution in [-0.4, -0.2) is 31.3 Å². The molecule has 2 N–H and O–H groups in total. The van der Waals surface area contributed by atoms with Crippen LogP contribution < -0.4 is 10.1 Å². The molecule has 0 aliphatic carbocycles.